The molecule has 0 unspecified atom stereocenters. The summed E-state index contributed by atoms with van der Waals surface area (Å²) in [4.78, 5) is 5.82. The Kier molecular flexibility index (Phi) is 4.35. The van der Waals surface area contributed by atoms with Crippen molar-refractivity contribution in [3.05, 3.63) is 15.6 Å². The van der Waals surface area contributed by atoms with Gasteiger partial charge in [-0.3, -0.25) is 0 Å². The molecule has 0 aliphatic carbocycles. The number of hydrogen-bond donors (Lipinski definition) is 0. The standard InChI is InChI=1S/C9H14BrNOS/c1-6(2)9-11-7(5-12-3)8(4-10)13-9/h6H,4-5H2,1-3H3. The maximum absolute atomic E-state index is 5.09. The molecule has 0 atom stereocenters. The van der Waals surface area contributed by atoms with Crippen molar-refractivity contribution in [2.75, 3.05) is 7.11 Å². The van der Waals surface area contributed by atoms with Crippen molar-refractivity contribution in [1.82, 2.24) is 4.98 Å². The van der Waals surface area contributed by atoms with Gasteiger partial charge >= 0.3 is 0 Å². The highest BCUT2D eigenvalue weighted by Gasteiger charge is 2.11. The van der Waals surface area contributed by atoms with E-state index in [0.717, 1.165) is 11.0 Å². The lowest BCUT2D eigenvalue weighted by molar-refractivity contribution is 0.181. The van der Waals surface area contributed by atoms with Crippen molar-refractivity contribution in [2.45, 2.75) is 31.7 Å². The molecule has 0 fully saturated rings. The number of methoxy groups -OCH3 is 1. The van der Waals surface area contributed by atoms with Gasteiger partial charge in [-0.15, -0.1) is 11.3 Å². The monoisotopic (exact) mass is 263 g/mol. The van der Waals surface area contributed by atoms with Gasteiger partial charge in [0.2, 0.25) is 0 Å². The Hall–Kier alpha value is 0.0700. The molecular weight excluding hydrogens is 250 g/mol. The molecule has 0 radical (unpaired) electrons. The van der Waals surface area contributed by atoms with Crippen LogP contribution in [0.5, 0.6) is 0 Å². The summed E-state index contributed by atoms with van der Waals surface area (Å²) >= 11 is 5.23. The molecule has 1 heterocycles. The van der Waals surface area contributed by atoms with Crippen LogP contribution in [-0.4, -0.2) is 12.1 Å². The lowest BCUT2D eigenvalue weighted by Gasteiger charge is -1.96. The van der Waals surface area contributed by atoms with Crippen molar-refractivity contribution in [3.63, 3.8) is 0 Å². The van der Waals surface area contributed by atoms with Gasteiger partial charge in [0.1, 0.15) is 0 Å². The molecule has 0 bridgehead atoms. The van der Waals surface area contributed by atoms with Gasteiger partial charge in [-0.05, 0) is 0 Å². The summed E-state index contributed by atoms with van der Waals surface area (Å²) in [6.45, 7) is 4.94. The molecular formula is C9H14BrNOS. The maximum atomic E-state index is 5.09. The summed E-state index contributed by atoms with van der Waals surface area (Å²) in [5.74, 6) is 0.508. The van der Waals surface area contributed by atoms with Gasteiger partial charge in [0.25, 0.3) is 0 Å². The van der Waals surface area contributed by atoms with E-state index in [9.17, 15) is 0 Å². The van der Waals surface area contributed by atoms with E-state index in [0.29, 0.717) is 12.5 Å². The maximum Gasteiger partial charge on any atom is 0.0957 e. The Morgan fingerprint density at radius 2 is 2.23 bits per heavy atom. The molecule has 0 aliphatic rings. The van der Waals surface area contributed by atoms with Crippen molar-refractivity contribution in [3.8, 4) is 0 Å². The molecule has 1 aromatic rings. The van der Waals surface area contributed by atoms with Gasteiger partial charge in [-0.2, -0.15) is 0 Å². The van der Waals surface area contributed by atoms with Crippen LogP contribution in [0.25, 0.3) is 0 Å². The summed E-state index contributed by atoms with van der Waals surface area (Å²) in [7, 11) is 1.70. The van der Waals surface area contributed by atoms with E-state index < -0.39 is 0 Å². The van der Waals surface area contributed by atoms with Gasteiger partial charge in [0.15, 0.2) is 0 Å². The van der Waals surface area contributed by atoms with Crippen LogP contribution >= 0.6 is 27.3 Å². The molecule has 0 saturated carbocycles. The van der Waals surface area contributed by atoms with Gasteiger partial charge < -0.3 is 4.74 Å². The third-order valence-corrected chi connectivity index (χ3v) is 4.02. The number of hydrogen-bond acceptors (Lipinski definition) is 3. The zero-order chi connectivity index (χ0) is 9.84. The minimum Gasteiger partial charge on any atom is -0.378 e. The smallest absolute Gasteiger partial charge is 0.0957 e. The number of aromatic nitrogens is 1. The third kappa shape index (κ3) is 2.76. The van der Waals surface area contributed by atoms with Crippen LogP contribution in [0.2, 0.25) is 0 Å². The number of halogens is 1. The second-order valence-electron chi connectivity index (χ2n) is 3.14. The van der Waals surface area contributed by atoms with Crippen LogP contribution in [0.3, 0.4) is 0 Å². The van der Waals surface area contributed by atoms with Crippen LogP contribution in [0.15, 0.2) is 0 Å². The first-order valence-corrected chi connectivity index (χ1v) is 6.16. The van der Waals surface area contributed by atoms with Gasteiger partial charge in [0.05, 0.1) is 17.3 Å². The van der Waals surface area contributed by atoms with Gasteiger partial charge in [-0.25, -0.2) is 4.98 Å². The first kappa shape index (κ1) is 11.1. The van der Waals surface area contributed by atoms with E-state index >= 15 is 0 Å². The van der Waals surface area contributed by atoms with E-state index in [4.69, 9.17) is 4.74 Å². The van der Waals surface area contributed by atoms with Crippen LogP contribution in [0.1, 0.15) is 35.3 Å². The van der Waals surface area contributed by atoms with Crippen LogP contribution in [0.4, 0.5) is 0 Å². The molecule has 0 aromatic carbocycles. The van der Waals surface area contributed by atoms with Crippen molar-refractivity contribution in [2.24, 2.45) is 0 Å². The number of alkyl halides is 1. The highest BCUT2D eigenvalue weighted by atomic mass is 79.9. The number of ether oxygens (including phenoxy) is 1. The summed E-state index contributed by atoms with van der Waals surface area (Å²) in [6, 6.07) is 0. The minimum atomic E-state index is 0.508. The molecule has 0 spiro atoms. The zero-order valence-electron chi connectivity index (χ0n) is 8.13. The second-order valence-corrected chi connectivity index (χ2v) is 4.82. The lowest BCUT2D eigenvalue weighted by Crippen LogP contribution is -1.92. The normalized spacial score (nSPS) is 11.2. The third-order valence-electron chi connectivity index (χ3n) is 1.69. The fourth-order valence-electron chi connectivity index (χ4n) is 1.00. The van der Waals surface area contributed by atoms with Crippen molar-refractivity contribution < 1.29 is 4.74 Å². The largest absolute Gasteiger partial charge is 0.378 e. The highest BCUT2D eigenvalue weighted by molar-refractivity contribution is 9.08. The van der Waals surface area contributed by atoms with Crippen molar-refractivity contribution in [1.29, 1.82) is 0 Å². The summed E-state index contributed by atoms with van der Waals surface area (Å²) in [5, 5.41) is 2.07. The number of thiazole rings is 1. The fourth-order valence-corrected chi connectivity index (χ4v) is 2.59. The highest BCUT2D eigenvalue weighted by Crippen LogP contribution is 2.26. The van der Waals surface area contributed by atoms with E-state index in [1.54, 1.807) is 18.4 Å². The Balaban J connectivity index is 2.90. The van der Waals surface area contributed by atoms with Crippen molar-refractivity contribution >= 4 is 27.3 Å². The predicted molar refractivity (Wildman–Crippen MR) is 59.5 cm³/mol. The molecule has 0 amide bonds. The van der Waals surface area contributed by atoms with Crippen LogP contribution in [-0.2, 0) is 16.7 Å². The first-order chi connectivity index (χ1) is 6.19. The summed E-state index contributed by atoms with van der Waals surface area (Å²) in [6.07, 6.45) is 0. The topological polar surface area (TPSA) is 22.1 Å². The zero-order valence-corrected chi connectivity index (χ0v) is 10.5. The lowest BCUT2D eigenvalue weighted by atomic mass is 10.2. The molecule has 0 aliphatic heterocycles. The molecule has 0 saturated heterocycles. The molecule has 0 N–H and O–H groups in total. The molecule has 13 heavy (non-hydrogen) atoms. The minimum absolute atomic E-state index is 0.508. The average Bonchev–Trinajstić information content (AvgIpc) is 2.48. The Labute approximate surface area is 91.5 Å². The average molecular weight is 264 g/mol. The van der Waals surface area contributed by atoms with E-state index in [1.165, 1.54) is 9.88 Å². The number of rotatable bonds is 4. The van der Waals surface area contributed by atoms with E-state index in [2.05, 4.69) is 34.8 Å². The van der Waals surface area contributed by atoms with Crippen LogP contribution < -0.4 is 0 Å². The SMILES string of the molecule is COCc1nc(C(C)C)sc1CBr. The summed E-state index contributed by atoms with van der Waals surface area (Å²) in [5.41, 5.74) is 1.08. The van der Waals surface area contributed by atoms with Gasteiger partial charge in [0, 0.05) is 23.2 Å². The predicted octanol–water partition coefficient (Wildman–Crippen LogP) is 3.31. The Morgan fingerprint density at radius 3 is 2.69 bits per heavy atom. The quantitative estimate of drug-likeness (QED) is 0.778. The molecule has 4 heteroatoms. The van der Waals surface area contributed by atoms with E-state index in [1.807, 2.05) is 0 Å². The number of nitrogens with zero attached hydrogens (tertiary/aromatic N) is 1. The Morgan fingerprint density at radius 1 is 1.54 bits per heavy atom. The first-order valence-electron chi connectivity index (χ1n) is 4.22. The molecule has 1 rings (SSSR count). The molecule has 2 nitrogen and oxygen atoms in total. The fraction of sp³-hybridized carbons (Fsp3) is 0.667. The van der Waals surface area contributed by atoms with Gasteiger partial charge in [-0.1, -0.05) is 29.8 Å². The second kappa shape index (κ2) is 5.08. The van der Waals surface area contributed by atoms with Crippen LogP contribution in [0, 0.1) is 0 Å². The molecule has 74 valence electrons. The summed E-state index contributed by atoms with van der Waals surface area (Å²) < 4.78 is 5.09. The molecule has 1 aromatic heterocycles. The Bertz CT molecular complexity index is 273. The van der Waals surface area contributed by atoms with E-state index in [-0.39, 0.29) is 0 Å².